The van der Waals surface area contributed by atoms with Crippen molar-refractivity contribution in [3.8, 4) is 0 Å². The number of aromatic nitrogens is 2. The Kier molecular flexibility index (Phi) is 4.31. The van der Waals surface area contributed by atoms with Gasteiger partial charge in [-0.15, -0.1) is 0 Å². The Labute approximate surface area is 200 Å². The smallest absolute Gasteiger partial charge is 0.264 e. The number of benzene rings is 3. The predicted octanol–water partition coefficient (Wildman–Crippen LogP) is 5.01. The number of para-hydroxylation sites is 2. The van der Waals surface area contributed by atoms with Crippen molar-refractivity contribution < 1.29 is 14.3 Å². The summed E-state index contributed by atoms with van der Waals surface area (Å²) >= 11 is 0. The Bertz CT molecular complexity index is 1590. The Balaban J connectivity index is 1.38. The lowest BCUT2D eigenvalue weighted by molar-refractivity contribution is -0.142. The minimum atomic E-state index is -0.317. The van der Waals surface area contributed by atoms with Crippen molar-refractivity contribution in [2.45, 2.75) is 13.0 Å². The Hall–Kier alpha value is -4.42. The number of nitrogens with zero attached hydrogens (tertiary/aromatic N) is 1. The second-order valence-corrected chi connectivity index (χ2v) is 8.98. The molecular weight excluding hydrogens is 438 g/mol. The van der Waals surface area contributed by atoms with Crippen LogP contribution in [0.5, 0.6) is 0 Å². The van der Waals surface area contributed by atoms with Crippen molar-refractivity contribution in [3.05, 3.63) is 107 Å². The third-order valence-corrected chi connectivity index (χ3v) is 6.92. The zero-order valence-corrected chi connectivity index (χ0v) is 18.8. The molecule has 0 unspecified atom stereocenters. The van der Waals surface area contributed by atoms with E-state index in [0.717, 1.165) is 49.9 Å². The molecule has 3 aromatic carbocycles. The number of hydrogen-bond acceptors (Lipinski definition) is 3. The molecule has 3 heterocycles. The van der Waals surface area contributed by atoms with Gasteiger partial charge >= 0.3 is 0 Å². The van der Waals surface area contributed by atoms with Gasteiger partial charge in [0, 0.05) is 50.7 Å². The van der Waals surface area contributed by atoms with Crippen LogP contribution in [0, 0.1) is 0 Å². The van der Waals surface area contributed by atoms with Gasteiger partial charge in [-0.1, -0.05) is 66.7 Å². The molecule has 1 aliphatic carbocycles. The molecule has 1 aliphatic heterocycles. The molecule has 170 valence electrons. The molecule has 2 aromatic heterocycles. The van der Waals surface area contributed by atoms with E-state index in [0.29, 0.717) is 24.2 Å². The van der Waals surface area contributed by atoms with Gasteiger partial charge in [-0.05, 0) is 17.7 Å². The molecule has 0 bridgehead atoms. The maximum Gasteiger partial charge on any atom is 0.264 e. The monoisotopic (exact) mass is 459 g/mol. The summed E-state index contributed by atoms with van der Waals surface area (Å²) in [5, 5.41) is 1.88. The first-order chi connectivity index (χ1) is 17.2. The van der Waals surface area contributed by atoms with Gasteiger partial charge in [-0.2, -0.15) is 0 Å². The number of imide groups is 1. The molecule has 0 saturated heterocycles. The van der Waals surface area contributed by atoms with Gasteiger partial charge in [-0.25, -0.2) is 4.90 Å². The molecule has 0 radical (unpaired) electrons. The maximum atomic E-state index is 13.9. The number of amides is 2. The third kappa shape index (κ3) is 2.93. The molecule has 6 nitrogen and oxygen atoms in total. The lowest BCUT2D eigenvalue weighted by atomic mass is 9.95. The van der Waals surface area contributed by atoms with Gasteiger partial charge in [-0.3, -0.25) is 9.59 Å². The maximum absolute atomic E-state index is 13.9. The fraction of sp³-hybridized carbons (Fsp3) is 0.103. The molecule has 35 heavy (non-hydrogen) atoms. The van der Waals surface area contributed by atoms with E-state index in [1.165, 1.54) is 4.90 Å². The molecule has 7 rings (SSSR count). The lowest BCUT2D eigenvalue weighted by Gasteiger charge is -2.16. The quantitative estimate of drug-likeness (QED) is 0.371. The number of rotatable bonds is 4. The summed E-state index contributed by atoms with van der Waals surface area (Å²) in [6, 6.07) is 25.6. The van der Waals surface area contributed by atoms with E-state index in [2.05, 4.69) is 9.97 Å². The van der Waals surface area contributed by atoms with Crippen LogP contribution in [0.4, 0.5) is 0 Å². The number of nitrogens with one attached hydrogen (secondary N) is 2. The zero-order chi connectivity index (χ0) is 23.5. The van der Waals surface area contributed by atoms with Crippen molar-refractivity contribution in [3.63, 3.8) is 0 Å². The SMILES string of the molecule is O=C1C2=C(C(=O)N1COCc1ccccc1)c1c([nH]c3ccccc13)Cc1[nH]c3ccccc3c12. The van der Waals surface area contributed by atoms with Crippen LogP contribution in [-0.2, 0) is 27.4 Å². The summed E-state index contributed by atoms with van der Waals surface area (Å²) < 4.78 is 5.84. The first-order valence-corrected chi connectivity index (χ1v) is 11.6. The first-order valence-electron chi connectivity index (χ1n) is 11.6. The largest absolute Gasteiger partial charge is 0.358 e. The third-order valence-electron chi connectivity index (χ3n) is 6.92. The molecule has 0 atom stereocenters. The molecule has 2 aliphatic rings. The van der Waals surface area contributed by atoms with E-state index >= 15 is 0 Å². The average molecular weight is 460 g/mol. The molecule has 2 amide bonds. The Morgan fingerprint density at radius 3 is 1.77 bits per heavy atom. The van der Waals surface area contributed by atoms with Crippen LogP contribution in [0.3, 0.4) is 0 Å². The number of hydrogen-bond donors (Lipinski definition) is 2. The fourth-order valence-corrected chi connectivity index (χ4v) is 5.39. The summed E-state index contributed by atoms with van der Waals surface area (Å²) in [5.41, 5.74) is 7.27. The normalized spacial score (nSPS) is 15.0. The second kappa shape index (κ2) is 7.55. The van der Waals surface area contributed by atoms with Gasteiger partial charge in [0.2, 0.25) is 0 Å². The van der Waals surface area contributed by atoms with Crippen LogP contribution in [0.2, 0.25) is 0 Å². The van der Waals surface area contributed by atoms with Gasteiger partial charge in [0.05, 0.1) is 17.8 Å². The van der Waals surface area contributed by atoms with E-state index in [1.54, 1.807) is 0 Å². The summed E-state index contributed by atoms with van der Waals surface area (Å²) in [6.45, 7) is 0.216. The number of carbonyl (C=O) groups is 2. The van der Waals surface area contributed by atoms with Crippen molar-refractivity contribution in [1.29, 1.82) is 0 Å². The molecular formula is C29H21N3O3. The van der Waals surface area contributed by atoms with E-state index in [1.807, 2.05) is 78.9 Å². The second-order valence-electron chi connectivity index (χ2n) is 8.98. The minimum absolute atomic E-state index is 0.102. The number of carbonyl (C=O) groups excluding carboxylic acids is 2. The van der Waals surface area contributed by atoms with Crippen molar-refractivity contribution in [2.24, 2.45) is 0 Å². The highest BCUT2D eigenvalue weighted by atomic mass is 16.5. The summed E-state index contributed by atoms with van der Waals surface area (Å²) in [7, 11) is 0. The van der Waals surface area contributed by atoms with Gasteiger partial charge < -0.3 is 14.7 Å². The first kappa shape index (κ1) is 20.0. The highest BCUT2D eigenvalue weighted by Gasteiger charge is 2.44. The number of aromatic amines is 2. The number of fused-ring (bicyclic) bond motifs is 8. The van der Waals surface area contributed by atoms with Gasteiger partial charge in [0.1, 0.15) is 6.73 Å². The standard InChI is InChI=1S/C29H21N3O3/c33-28-26-24-18-10-4-6-12-20(18)30-22(24)14-23-25(19-11-5-7-13-21(19)31-23)27(26)29(34)32(28)16-35-15-17-8-2-1-3-9-17/h1-13,30-31H,14-16H2. The van der Waals surface area contributed by atoms with Crippen LogP contribution in [-0.4, -0.2) is 33.4 Å². The van der Waals surface area contributed by atoms with E-state index < -0.39 is 0 Å². The highest BCUT2D eigenvalue weighted by molar-refractivity contribution is 6.51. The molecule has 2 N–H and O–H groups in total. The van der Waals surface area contributed by atoms with Crippen molar-refractivity contribution in [1.82, 2.24) is 14.9 Å². The van der Waals surface area contributed by atoms with E-state index in [9.17, 15) is 9.59 Å². The van der Waals surface area contributed by atoms with Crippen LogP contribution in [0.1, 0.15) is 28.1 Å². The van der Waals surface area contributed by atoms with Crippen LogP contribution in [0.25, 0.3) is 33.0 Å². The van der Waals surface area contributed by atoms with Crippen molar-refractivity contribution in [2.75, 3.05) is 6.73 Å². The van der Waals surface area contributed by atoms with Gasteiger partial charge in [0.25, 0.3) is 11.8 Å². The summed E-state index contributed by atoms with van der Waals surface area (Å²) in [6.07, 6.45) is 0.575. The Morgan fingerprint density at radius 2 is 1.20 bits per heavy atom. The Morgan fingerprint density at radius 1 is 0.686 bits per heavy atom. The lowest BCUT2D eigenvalue weighted by Crippen LogP contribution is -2.34. The topological polar surface area (TPSA) is 78.2 Å². The van der Waals surface area contributed by atoms with Gasteiger partial charge in [0.15, 0.2) is 0 Å². The molecule has 5 aromatic rings. The van der Waals surface area contributed by atoms with Crippen LogP contribution in [0.15, 0.2) is 78.9 Å². The van der Waals surface area contributed by atoms with E-state index in [-0.39, 0.29) is 18.5 Å². The fourth-order valence-electron chi connectivity index (χ4n) is 5.39. The average Bonchev–Trinajstić information content (AvgIpc) is 3.46. The highest BCUT2D eigenvalue weighted by Crippen LogP contribution is 2.46. The van der Waals surface area contributed by atoms with Crippen LogP contribution >= 0.6 is 0 Å². The summed E-state index contributed by atoms with van der Waals surface area (Å²) in [5.74, 6) is -0.635. The van der Waals surface area contributed by atoms with Crippen LogP contribution < -0.4 is 0 Å². The van der Waals surface area contributed by atoms with Crippen molar-refractivity contribution >= 4 is 44.8 Å². The number of ether oxygens (including phenoxy) is 1. The zero-order valence-electron chi connectivity index (χ0n) is 18.8. The molecule has 0 fully saturated rings. The molecule has 0 saturated carbocycles. The minimum Gasteiger partial charge on any atom is -0.358 e. The molecule has 6 heteroatoms. The number of H-pyrrole nitrogens is 2. The predicted molar refractivity (Wildman–Crippen MR) is 134 cm³/mol. The van der Waals surface area contributed by atoms with E-state index in [4.69, 9.17) is 4.74 Å². The molecule has 0 spiro atoms. The summed E-state index contributed by atoms with van der Waals surface area (Å²) in [4.78, 5) is 36.0.